The molecule has 1 fully saturated rings. The molecule has 1 saturated heterocycles. The zero-order valence-corrected chi connectivity index (χ0v) is 15.8. The predicted molar refractivity (Wildman–Crippen MR) is 105 cm³/mol. The first-order chi connectivity index (χ1) is 13.4. The molecule has 1 aliphatic heterocycles. The summed E-state index contributed by atoms with van der Waals surface area (Å²) in [5, 5.41) is 3.40. The maximum Gasteiger partial charge on any atom is 0.328 e. The van der Waals surface area contributed by atoms with Crippen molar-refractivity contribution in [2.45, 2.75) is 13.0 Å². The van der Waals surface area contributed by atoms with Gasteiger partial charge in [0.2, 0.25) is 5.91 Å². The number of halogens is 1. The molecule has 0 aliphatic carbocycles. The van der Waals surface area contributed by atoms with Gasteiger partial charge < -0.3 is 15.1 Å². The second-order valence-corrected chi connectivity index (χ2v) is 6.83. The van der Waals surface area contributed by atoms with Gasteiger partial charge in [-0.25, -0.2) is 9.59 Å². The Kier molecular flexibility index (Phi) is 6.15. The highest BCUT2D eigenvalue weighted by molar-refractivity contribution is 6.30. The van der Waals surface area contributed by atoms with Crippen LogP contribution in [0.4, 0.5) is 10.5 Å². The Balaban J connectivity index is 1.57. The Hall–Kier alpha value is -3.07. The van der Waals surface area contributed by atoms with Crippen molar-refractivity contribution in [3.8, 4) is 0 Å². The van der Waals surface area contributed by atoms with E-state index in [4.69, 9.17) is 11.6 Å². The number of nitrogens with one attached hydrogen (secondary N) is 2. The SMILES string of the molecule is O=C(Cn1ccc(=O)[nH]c1=O)N1CCCN(C(=O)Nc2ccc(Cl)cc2)CC1. The van der Waals surface area contributed by atoms with Crippen LogP contribution in [0.3, 0.4) is 0 Å². The van der Waals surface area contributed by atoms with Gasteiger partial charge in [0.25, 0.3) is 5.56 Å². The summed E-state index contributed by atoms with van der Waals surface area (Å²) >= 11 is 5.84. The van der Waals surface area contributed by atoms with Gasteiger partial charge in [0, 0.05) is 49.2 Å². The number of carbonyl (C=O) groups is 2. The summed E-state index contributed by atoms with van der Waals surface area (Å²) < 4.78 is 1.15. The van der Waals surface area contributed by atoms with Crippen LogP contribution < -0.4 is 16.6 Å². The Morgan fingerprint density at radius 2 is 1.68 bits per heavy atom. The molecule has 0 unspecified atom stereocenters. The maximum absolute atomic E-state index is 12.5. The number of amides is 3. The molecule has 0 atom stereocenters. The maximum atomic E-state index is 12.5. The van der Waals surface area contributed by atoms with Crippen LogP contribution in [0.5, 0.6) is 0 Å². The first kappa shape index (κ1) is 19.7. The van der Waals surface area contributed by atoms with E-state index in [1.54, 1.807) is 34.1 Å². The summed E-state index contributed by atoms with van der Waals surface area (Å²) in [6.45, 7) is 1.59. The van der Waals surface area contributed by atoms with Crippen molar-refractivity contribution in [3.05, 3.63) is 62.4 Å². The van der Waals surface area contributed by atoms with Gasteiger partial charge in [0.1, 0.15) is 6.54 Å². The molecule has 0 saturated carbocycles. The molecule has 2 heterocycles. The molecule has 1 aromatic heterocycles. The number of hydrogen-bond donors (Lipinski definition) is 2. The topological polar surface area (TPSA) is 108 Å². The van der Waals surface area contributed by atoms with Gasteiger partial charge in [0.05, 0.1) is 0 Å². The number of aromatic amines is 1. The smallest absolute Gasteiger partial charge is 0.328 e. The minimum Gasteiger partial charge on any atom is -0.339 e. The van der Waals surface area contributed by atoms with Crippen LogP contribution in [-0.2, 0) is 11.3 Å². The fourth-order valence-corrected chi connectivity index (χ4v) is 3.05. The molecule has 2 N–H and O–H groups in total. The number of hydrogen-bond acceptors (Lipinski definition) is 4. The molecule has 0 bridgehead atoms. The highest BCUT2D eigenvalue weighted by Gasteiger charge is 2.22. The van der Waals surface area contributed by atoms with Crippen molar-refractivity contribution >= 4 is 29.2 Å². The third kappa shape index (κ3) is 5.01. The van der Waals surface area contributed by atoms with Crippen molar-refractivity contribution in [2.24, 2.45) is 0 Å². The van der Waals surface area contributed by atoms with Gasteiger partial charge in [-0.1, -0.05) is 11.6 Å². The minimum atomic E-state index is -0.625. The molecular formula is C18H20ClN5O4. The van der Waals surface area contributed by atoms with E-state index in [0.29, 0.717) is 43.3 Å². The average molecular weight is 406 g/mol. The lowest BCUT2D eigenvalue weighted by molar-refractivity contribution is -0.131. The van der Waals surface area contributed by atoms with E-state index < -0.39 is 11.2 Å². The van der Waals surface area contributed by atoms with Crippen LogP contribution in [0.1, 0.15) is 6.42 Å². The lowest BCUT2D eigenvalue weighted by atomic mass is 10.3. The summed E-state index contributed by atoms with van der Waals surface area (Å²) in [6, 6.07) is 7.77. The van der Waals surface area contributed by atoms with Crippen LogP contribution in [0.25, 0.3) is 0 Å². The molecule has 3 amide bonds. The van der Waals surface area contributed by atoms with E-state index in [0.717, 1.165) is 4.57 Å². The quantitative estimate of drug-likeness (QED) is 0.792. The molecule has 0 radical (unpaired) electrons. The summed E-state index contributed by atoms with van der Waals surface area (Å²) in [6.07, 6.45) is 1.92. The molecule has 2 aromatic rings. The first-order valence-corrected chi connectivity index (χ1v) is 9.19. The van der Waals surface area contributed by atoms with Crippen molar-refractivity contribution in [1.82, 2.24) is 19.4 Å². The summed E-state index contributed by atoms with van der Waals surface area (Å²) in [5.41, 5.74) is -0.491. The van der Waals surface area contributed by atoms with Crippen molar-refractivity contribution in [3.63, 3.8) is 0 Å². The fourth-order valence-electron chi connectivity index (χ4n) is 2.92. The van der Waals surface area contributed by atoms with Gasteiger partial charge in [-0.3, -0.25) is 19.1 Å². The van der Waals surface area contributed by atoms with Crippen LogP contribution in [0.15, 0.2) is 46.1 Å². The van der Waals surface area contributed by atoms with Crippen molar-refractivity contribution in [2.75, 3.05) is 31.5 Å². The van der Waals surface area contributed by atoms with Crippen molar-refractivity contribution < 1.29 is 9.59 Å². The predicted octanol–water partition coefficient (Wildman–Crippen LogP) is 0.956. The van der Waals surface area contributed by atoms with Crippen LogP contribution in [0, 0.1) is 0 Å². The number of H-pyrrole nitrogens is 1. The molecule has 148 valence electrons. The highest BCUT2D eigenvalue weighted by atomic mass is 35.5. The molecule has 10 heteroatoms. The Bertz CT molecular complexity index is 969. The Labute approximate surface area is 165 Å². The van der Waals surface area contributed by atoms with Gasteiger partial charge >= 0.3 is 11.7 Å². The number of rotatable bonds is 3. The lowest BCUT2D eigenvalue weighted by Crippen LogP contribution is -2.41. The number of nitrogens with zero attached hydrogens (tertiary/aromatic N) is 3. The minimum absolute atomic E-state index is 0.160. The molecule has 1 aromatic carbocycles. The molecule has 28 heavy (non-hydrogen) atoms. The number of urea groups is 1. The van der Waals surface area contributed by atoms with Gasteiger partial charge in [-0.05, 0) is 30.7 Å². The summed E-state index contributed by atoms with van der Waals surface area (Å²) in [5.74, 6) is -0.242. The molecule has 3 rings (SSSR count). The Morgan fingerprint density at radius 1 is 1.00 bits per heavy atom. The normalized spacial score (nSPS) is 14.5. The average Bonchev–Trinajstić information content (AvgIpc) is 2.92. The Morgan fingerprint density at radius 3 is 2.39 bits per heavy atom. The molecule has 1 aliphatic rings. The third-order valence-electron chi connectivity index (χ3n) is 4.43. The summed E-state index contributed by atoms with van der Waals surface area (Å²) in [7, 11) is 0. The monoisotopic (exact) mass is 405 g/mol. The van der Waals surface area contributed by atoms with Crippen LogP contribution >= 0.6 is 11.6 Å². The van der Waals surface area contributed by atoms with E-state index in [-0.39, 0.29) is 18.5 Å². The zero-order valence-electron chi connectivity index (χ0n) is 15.1. The zero-order chi connectivity index (χ0) is 20.1. The van der Waals surface area contributed by atoms with Gasteiger partial charge in [-0.2, -0.15) is 0 Å². The number of anilines is 1. The molecule has 0 spiro atoms. The first-order valence-electron chi connectivity index (χ1n) is 8.81. The number of aromatic nitrogens is 2. The molecule has 9 nitrogen and oxygen atoms in total. The van der Waals surface area contributed by atoms with E-state index in [1.807, 2.05) is 0 Å². The van der Waals surface area contributed by atoms with Gasteiger partial charge in [0.15, 0.2) is 0 Å². The van der Waals surface area contributed by atoms with Crippen LogP contribution in [-0.4, -0.2) is 57.5 Å². The van der Waals surface area contributed by atoms with Crippen molar-refractivity contribution in [1.29, 1.82) is 0 Å². The fraction of sp³-hybridized carbons (Fsp3) is 0.333. The van der Waals surface area contributed by atoms with Crippen LogP contribution in [0.2, 0.25) is 5.02 Å². The second kappa shape index (κ2) is 8.75. The number of benzene rings is 1. The highest BCUT2D eigenvalue weighted by Crippen LogP contribution is 2.14. The van der Waals surface area contributed by atoms with Gasteiger partial charge in [-0.15, -0.1) is 0 Å². The van der Waals surface area contributed by atoms with E-state index in [1.165, 1.54) is 12.3 Å². The van der Waals surface area contributed by atoms with E-state index in [9.17, 15) is 19.2 Å². The van der Waals surface area contributed by atoms with E-state index in [2.05, 4.69) is 10.3 Å². The number of carbonyl (C=O) groups excluding carboxylic acids is 2. The largest absolute Gasteiger partial charge is 0.339 e. The molecular weight excluding hydrogens is 386 g/mol. The lowest BCUT2D eigenvalue weighted by Gasteiger charge is -2.22. The second-order valence-electron chi connectivity index (χ2n) is 6.40. The summed E-state index contributed by atoms with van der Waals surface area (Å²) in [4.78, 5) is 53.2. The van der Waals surface area contributed by atoms with E-state index >= 15 is 0 Å². The third-order valence-corrected chi connectivity index (χ3v) is 4.69. The standard InChI is InChI=1S/C18H20ClN5O4/c19-13-2-4-14(5-3-13)20-17(27)23-8-1-7-22(10-11-23)16(26)12-24-9-6-15(25)21-18(24)28/h2-6,9H,1,7-8,10-12H2,(H,20,27)(H,21,25,28).